The van der Waals surface area contributed by atoms with E-state index < -0.39 is 17.1 Å². The van der Waals surface area contributed by atoms with Crippen LogP contribution in [0.3, 0.4) is 0 Å². The standard InChI is InChI=1S/C10H10N2O4/c1-3-15-9(13)10(14,7(2)6-11)8-12-4-5-16-8/h4-5,14H,2-3H2,1H3. The van der Waals surface area contributed by atoms with E-state index in [0.29, 0.717) is 0 Å². The maximum Gasteiger partial charge on any atom is 0.353 e. The first-order valence-electron chi connectivity index (χ1n) is 4.46. The van der Waals surface area contributed by atoms with Crippen molar-refractivity contribution >= 4 is 5.97 Å². The predicted octanol–water partition coefficient (Wildman–Crippen LogP) is 0.505. The lowest BCUT2D eigenvalue weighted by molar-refractivity contribution is -0.163. The minimum Gasteiger partial charge on any atom is -0.463 e. The Morgan fingerprint density at radius 1 is 1.88 bits per heavy atom. The molecule has 0 saturated carbocycles. The second-order valence-electron chi connectivity index (χ2n) is 2.86. The van der Waals surface area contributed by atoms with Gasteiger partial charge in [-0.25, -0.2) is 9.78 Å². The van der Waals surface area contributed by atoms with Crippen LogP contribution in [0, 0.1) is 11.3 Å². The van der Waals surface area contributed by atoms with Crippen LogP contribution < -0.4 is 0 Å². The van der Waals surface area contributed by atoms with Crippen LogP contribution in [0.15, 0.2) is 29.0 Å². The lowest BCUT2D eigenvalue weighted by Crippen LogP contribution is -2.39. The second-order valence-corrected chi connectivity index (χ2v) is 2.86. The Hall–Kier alpha value is -2.13. The van der Waals surface area contributed by atoms with Crippen LogP contribution in [-0.2, 0) is 15.1 Å². The summed E-state index contributed by atoms with van der Waals surface area (Å²) in [6, 6.07) is 1.59. The van der Waals surface area contributed by atoms with Crippen LogP contribution in [0.4, 0.5) is 0 Å². The number of hydrogen-bond acceptors (Lipinski definition) is 6. The highest BCUT2D eigenvalue weighted by molar-refractivity contribution is 5.84. The van der Waals surface area contributed by atoms with Gasteiger partial charge in [-0.1, -0.05) is 6.58 Å². The molecule has 0 aromatic carbocycles. The maximum absolute atomic E-state index is 11.6. The molecule has 1 N–H and O–H groups in total. The van der Waals surface area contributed by atoms with Gasteiger partial charge in [-0.2, -0.15) is 5.26 Å². The lowest BCUT2D eigenvalue weighted by atomic mass is 9.96. The van der Waals surface area contributed by atoms with Crippen molar-refractivity contribution in [3.8, 4) is 6.07 Å². The highest BCUT2D eigenvalue weighted by Gasteiger charge is 2.47. The van der Waals surface area contributed by atoms with E-state index >= 15 is 0 Å². The zero-order valence-electron chi connectivity index (χ0n) is 8.64. The topological polar surface area (TPSA) is 96.3 Å². The second kappa shape index (κ2) is 4.59. The van der Waals surface area contributed by atoms with Gasteiger partial charge in [0.1, 0.15) is 6.26 Å². The van der Waals surface area contributed by atoms with Gasteiger partial charge >= 0.3 is 5.97 Å². The Morgan fingerprint density at radius 2 is 2.56 bits per heavy atom. The molecule has 6 nitrogen and oxygen atoms in total. The third-order valence-corrected chi connectivity index (χ3v) is 1.88. The highest BCUT2D eigenvalue weighted by atomic mass is 16.6. The van der Waals surface area contributed by atoms with Crippen molar-refractivity contribution in [2.75, 3.05) is 6.61 Å². The Morgan fingerprint density at radius 3 is 3.00 bits per heavy atom. The number of carbonyl (C=O) groups is 1. The van der Waals surface area contributed by atoms with Crippen LogP contribution in [0.5, 0.6) is 0 Å². The van der Waals surface area contributed by atoms with Gasteiger partial charge in [0, 0.05) is 0 Å². The van der Waals surface area contributed by atoms with E-state index in [1.165, 1.54) is 12.5 Å². The molecule has 1 heterocycles. The van der Waals surface area contributed by atoms with Gasteiger partial charge in [0.2, 0.25) is 5.89 Å². The molecule has 16 heavy (non-hydrogen) atoms. The Bertz CT molecular complexity index is 432. The summed E-state index contributed by atoms with van der Waals surface area (Å²) in [6.07, 6.45) is 2.41. The third kappa shape index (κ3) is 1.81. The molecule has 1 atom stereocenters. The van der Waals surface area contributed by atoms with Crippen molar-refractivity contribution in [2.24, 2.45) is 0 Å². The van der Waals surface area contributed by atoms with Crippen molar-refractivity contribution in [3.05, 3.63) is 30.5 Å². The smallest absolute Gasteiger partial charge is 0.353 e. The van der Waals surface area contributed by atoms with Crippen molar-refractivity contribution in [1.82, 2.24) is 4.98 Å². The van der Waals surface area contributed by atoms with Gasteiger partial charge in [0.25, 0.3) is 5.60 Å². The summed E-state index contributed by atoms with van der Waals surface area (Å²) >= 11 is 0. The summed E-state index contributed by atoms with van der Waals surface area (Å²) < 4.78 is 9.47. The molecule has 0 fully saturated rings. The molecule has 0 radical (unpaired) electrons. The molecule has 0 saturated heterocycles. The lowest BCUT2D eigenvalue weighted by Gasteiger charge is -2.20. The molecule has 6 heteroatoms. The molecule has 0 spiro atoms. The van der Waals surface area contributed by atoms with E-state index in [-0.39, 0.29) is 12.5 Å². The Kier molecular flexibility index (Phi) is 3.43. The summed E-state index contributed by atoms with van der Waals surface area (Å²) in [5, 5.41) is 18.8. The van der Waals surface area contributed by atoms with Gasteiger partial charge in [0.05, 0.1) is 24.4 Å². The minimum atomic E-state index is -2.35. The highest BCUT2D eigenvalue weighted by Crippen LogP contribution is 2.28. The number of nitriles is 1. The van der Waals surface area contributed by atoms with Crippen LogP contribution in [0.1, 0.15) is 12.8 Å². The van der Waals surface area contributed by atoms with Crippen LogP contribution in [0.25, 0.3) is 0 Å². The van der Waals surface area contributed by atoms with Crippen LogP contribution in [0.2, 0.25) is 0 Å². The zero-order valence-corrected chi connectivity index (χ0v) is 8.64. The summed E-state index contributed by atoms with van der Waals surface area (Å²) in [4.78, 5) is 15.2. The molecule has 0 aliphatic carbocycles. The number of esters is 1. The Labute approximate surface area is 91.8 Å². The average Bonchev–Trinajstić information content (AvgIpc) is 2.80. The van der Waals surface area contributed by atoms with Gasteiger partial charge < -0.3 is 14.3 Å². The summed E-state index contributed by atoms with van der Waals surface area (Å²) in [7, 11) is 0. The fourth-order valence-corrected chi connectivity index (χ4v) is 1.06. The molecule has 84 valence electrons. The predicted molar refractivity (Wildman–Crippen MR) is 51.8 cm³/mol. The fraction of sp³-hybridized carbons (Fsp3) is 0.300. The van der Waals surface area contributed by atoms with E-state index in [0.717, 1.165) is 0 Å². The average molecular weight is 222 g/mol. The third-order valence-electron chi connectivity index (χ3n) is 1.88. The van der Waals surface area contributed by atoms with E-state index in [9.17, 15) is 9.90 Å². The van der Waals surface area contributed by atoms with Gasteiger partial charge in [-0.3, -0.25) is 0 Å². The molecule has 0 bridgehead atoms. The monoisotopic (exact) mass is 222 g/mol. The number of oxazole rings is 1. The molecular weight excluding hydrogens is 212 g/mol. The molecule has 1 aromatic heterocycles. The number of ether oxygens (including phenoxy) is 1. The maximum atomic E-state index is 11.6. The molecule has 1 aromatic rings. The number of nitrogens with zero attached hydrogens (tertiary/aromatic N) is 2. The quantitative estimate of drug-likeness (QED) is 0.588. The molecule has 0 aliphatic heterocycles. The zero-order chi connectivity index (χ0) is 12.2. The van der Waals surface area contributed by atoms with Crippen molar-refractivity contribution in [3.63, 3.8) is 0 Å². The SMILES string of the molecule is C=C(C#N)C(O)(C(=O)OCC)c1ncco1. The first kappa shape index (κ1) is 11.9. The van der Waals surface area contributed by atoms with E-state index in [1.807, 2.05) is 0 Å². The number of carbonyl (C=O) groups excluding carboxylic acids is 1. The molecule has 1 unspecified atom stereocenters. The van der Waals surface area contributed by atoms with E-state index in [4.69, 9.17) is 9.68 Å². The van der Waals surface area contributed by atoms with Crippen LogP contribution in [-0.4, -0.2) is 22.7 Å². The first-order chi connectivity index (χ1) is 7.57. The number of rotatable bonds is 4. The van der Waals surface area contributed by atoms with Gasteiger partial charge in [-0.15, -0.1) is 0 Å². The molecular formula is C10H10N2O4. The van der Waals surface area contributed by atoms with Gasteiger partial charge in [-0.05, 0) is 6.92 Å². The number of aromatic nitrogens is 1. The number of hydrogen-bond donors (Lipinski definition) is 1. The Balaban J connectivity index is 3.19. The van der Waals surface area contributed by atoms with Gasteiger partial charge in [0.15, 0.2) is 0 Å². The molecule has 0 aliphatic rings. The van der Waals surface area contributed by atoms with Crippen molar-refractivity contribution < 1.29 is 19.1 Å². The molecule has 1 rings (SSSR count). The number of aliphatic hydroxyl groups is 1. The van der Waals surface area contributed by atoms with Crippen LogP contribution >= 0.6 is 0 Å². The van der Waals surface area contributed by atoms with E-state index in [2.05, 4.69) is 16.3 Å². The summed E-state index contributed by atoms with van der Waals surface area (Å²) in [5.41, 5.74) is -2.76. The normalized spacial score (nSPS) is 13.6. The fourth-order valence-electron chi connectivity index (χ4n) is 1.06. The first-order valence-corrected chi connectivity index (χ1v) is 4.46. The molecule has 0 amide bonds. The van der Waals surface area contributed by atoms with Crippen molar-refractivity contribution in [2.45, 2.75) is 12.5 Å². The van der Waals surface area contributed by atoms with E-state index in [1.54, 1.807) is 13.0 Å². The summed E-state index contributed by atoms with van der Waals surface area (Å²) in [5.74, 6) is -1.37. The van der Waals surface area contributed by atoms with Crippen molar-refractivity contribution in [1.29, 1.82) is 5.26 Å². The minimum absolute atomic E-state index is 0.0561. The summed E-state index contributed by atoms with van der Waals surface area (Å²) in [6.45, 7) is 4.92. The largest absolute Gasteiger partial charge is 0.463 e.